The minimum atomic E-state index is -0.502. The molecular formula is C12H7Cl3FN5. The molecule has 0 aliphatic carbocycles. The number of aliphatic imine (C=N–C) groups is 1. The molecule has 0 fully saturated rings. The Hall–Kier alpha value is -1.63. The molecule has 0 saturated carbocycles. The zero-order valence-corrected chi connectivity index (χ0v) is 12.6. The van der Waals surface area contributed by atoms with Crippen LogP contribution in [0.1, 0.15) is 5.69 Å². The summed E-state index contributed by atoms with van der Waals surface area (Å²) in [6.45, 7) is 0.294. The number of rotatable bonds is 2. The number of hydrogen-bond donors (Lipinski definition) is 2. The lowest BCUT2D eigenvalue weighted by Crippen LogP contribution is -2.16. The minimum absolute atomic E-state index is 0.00146. The Kier molecular flexibility index (Phi) is 3.84. The van der Waals surface area contributed by atoms with E-state index in [4.69, 9.17) is 34.8 Å². The van der Waals surface area contributed by atoms with Gasteiger partial charge in [0.05, 0.1) is 17.3 Å². The molecule has 1 aromatic carbocycles. The second kappa shape index (κ2) is 5.63. The molecule has 3 rings (SSSR count). The Bertz CT molecular complexity index is 750. The highest BCUT2D eigenvalue weighted by atomic mass is 35.5. The van der Waals surface area contributed by atoms with Crippen molar-refractivity contribution in [3.63, 3.8) is 0 Å². The van der Waals surface area contributed by atoms with Gasteiger partial charge < -0.3 is 10.6 Å². The first-order valence-electron chi connectivity index (χ1n) is 5.78. The van der Waals surface area contributed by atoms with Gasteiger partial charge in [0.25, 0.3) is 0 Å². The summed E-state index contributed by atoms with van der Waals surface area (Å²) in [5, 5.41) is 6.16. The van der Waals surface area contributed by atoms with Crippen LogP contribution < -0.4 is 10.6 Å². The third-order valence-corrected chi connectivity index (χ3v) is 3.41. The number of benzene rings is 1. The van der Waals surface area contributed by atoms with Gasteiger partial charge in [0.2, 0.25) is 5.28 Å². The number of fused-ring (bicyclic) bond motifs is 1. The topological polar surface area (TPSA) is 62.2 Å². The Balaban J connectivity index is 1.99. The fourth-order valence-corrected chi connectivity index (χ4v) is 2.33. The van der Waals surface area contributed by atoms with E-state index < -0.39 is 5.82 Å². The zero-order chi connectivity index (χ0) is 15.0. The van der Waals surface area contributed by atoms with Gasteiger partial charge in [-0.15, -0.1) is 0 Å². The molecule has 1 aliphatic heterocycles. The number of aromatic nitrogens is 2. The number of anilines is 3. The second-order valence-corrected chi connectivity index (χ2v) is 5.25. The molecule has 2 heterocycles. The highest BCUT2D eigenvalue weighted by Crippen LogP contribution is 2.31. The van der Waals surface area contributed by atoms with Gasteiger partial charge in [-0.3, -0.25) is 4.99 Å². The molecule has 0 saturated heterocycles. The number of amidine groups is 1. The van der Waals surface area contributed by atoms with Crippen molar-refractivity contribution in [3.05, 3.63) is 40.0 Å². The monoisotopic (exact) mass is 345 g/mol. The lowest BCUT2D eigenvalue weighted by molar-refractivity contribution is 0.628. The standard InChI is InChI=1S/C12H7Cl3FN5/c13-6-3-5(1-2-7(6)16)18-10-9-8(19-12(15)21-10)4-17-11(14)20-9/h1-3H,4H2,(H,17,20)(H,18,19,21). The predicted molar refractivity (Wildman–Crippen MR) is 82.3 cm³/mol. The van der Waals surface area contributed by atoms with E-state index in [1.54, 1.807) is 0 Å². The number of nitrogens with one attached hydrogen (secondary N) is 2. The fraction of sp³-hybridized carbons (Fsp3) is 0.0833. The molecule has 5 nitrogen and oxygen atoms in total. The molecule has 0 radical (unpaired) electrons. The molecule has 0 atom stereocenters. The lowest BCUT2D eigenvalue weighted by Gasteiger charge is -2.18. The summed E-state index contributed by atoms with van der Waals surface area (Å²) in [6.07, 6.45) is 0. The SMILES string of the molecule is Fc1ccc(Nc2nc(Cl)nc3c2NC(Cl)=NC3)cc1Cl. The van der Waals surface area contributed by atoms with Crippen LogP contribution in [-0.4, -0.2) is 15.3 Å². The van der Waals surface area contributed by atoms with E-state index in [1.165, 1.54) is 18.2 Å². The maximum absolute atomic E-state index is 13.2. The van der Waals surface area contributed by atoms with Crippen LogP contribution in [0.15, 0.2) is 23.2 Å². The van der Waals surface area contributed by atoms with Crippen LogP contribution in [0.4, 0.5) is 21.6 Å². The third kappa shape index (κ3) is 3.02. The fourth-order valence-electron chi connectivity index (χ4n) is 1.81. The highest BCUT2D eigenvalue weighted by Gasteiger charge is 2.18. The molecule has 0 unspecified atom stereocenters. The molecule has 1 aliphatic rings. The van der Waals surface area contributed by atoms with Crippen molar-refractivity contribution in [2.24, 2.45) is 4.99 Å². The van der Waals surface area contributed by atoms with Crippen molar-refractivity contribution >= 4 is 57.3 Å². The average molecular weight is 347 g/mol. The Morgan fingerprint density at radius 1 is 1.19 bits per heavy atom. The van der Waals surface area contributed by atoms with Gasteiger partial charge in [-0.1, -0.05) is 11.6 Å². The summed E-state index contributed by atoms with van der Waals surface area (Å²) >= 11 is 17.5. The Labute approximate surface area is 134 Å². The number of nitrogens with zero attached hydrogens (tertiary/aromatic N) is 3. The molecule has 0 bridgehead atoms. The normalized spacial score (nSPS) is 13.2. The first-order valence-corrected chi connectivity index (χ1v) is 6.92. The second-order valence-electron chi connectivity index (χ2n) is 4.15. The summed E-state index contributed by atoms with van der Waals surface area (Å²) in [6, 6.07) is 4.22. The maximum Gasteiger partial charge on any atom is 0.224 e. The van der Waals surface area contributed by atoms with E-state index in [9.17, 15) is 4.39 Å². The van der Waals surface area contributed by atoms with E-state index >= 15 is 0 Å². The quantitative estimate of drug-likeness (QED) is 0.632. The number of hydrogen-bond acceptors (Lipinski definition) is 5. The third-order valence-electron chi connectivity index (χ3n) is 2.73. The van der Waals surface area contributed by atoms with Crippen molar-refractivity contribution in [2.75, 3.05) is 10.6 Å². The van der Waals surface area contributed by atoms with Crippen LogP contribution in [0.3, 0.4) is 0 Å². The van der Waals surface area contributed by atoms with Gasteiger partial charge in [-0.05, 0) is 41.4 Å². The molecule has 1 aromatic heterocycles. The highest BCUT2D eigenvalue weighted by molar-refractivity contribution is 6.67. The van der Waals surface area contributed by atoms with Crippen LogP contribution in [0.25, 0.3) is 0 Å². The first-order chi connectivity index (χ1) is 10.0. The van der Waals surface area contributed by atoms with Crippen molar-refractivity contribution < 1.29 is 4.39 Å². The summed E-state index contributed by atoms with van der Waals surface area (Å²) < 4.78 is 13.2. The molecule has 108 valence electrons. The average Bonchev–Trinajstić information content (AvgIpc) is 2.43. The molecule has 2 N–H and O–H groups in total. The summed E-state index contributed by atoms with van der Waals surface area (Å²) in [5.74, 6) is -0.0982. The summed E-state index contributed by atoms with van der Waals surface area (Å²) in [5.41, 5.74) is 1.73. The van der Waals surface area contributed by atoms with Gasteiger partial charge >= 0.3 is 0 Å². The van der Waals surface area contributed by atoms with Crippen LogP contribution in [0.2, 0.25) is 10.3 Å². The zero-order valence-electron chi connectivity index (χ0n) is 10.3. The maximum atomic E-state index is 13.2. The lowest BCUT2D eigenvalue weighted by atomic mass is 10.2. The molecule has 0 spiro atoms. The van der Waals surface area contributed by atoms with Gasteiger partial charge in [-0.2, -0.15) is 4.98 Å². The molecule has 2 aromatic rings. The van der Waals surface area contributed by atoms with Crippen LogP contribution in [0.5, 0.6) is 0 Å². The van der Waals surface area contributed by atoms with E-state index in [2.05, 4.69) is 25.6 Å². The summed E-state index contributed by atoms with van der Waals surface area (Å²) in [4.78, 5) is 12.2. The van der Waals surface area contributed by atoms with Crippen molar-refractivity contribution in [1.29, 1.82) is 0 Å². The van der Waals surface area contributed by atoms with Crippen LogP contribution in [0, 0.1) is 5.82 Å². The molecule has 0 amide bonds. The van der Waals surface area contributed by atoms with Crippen LogP contribution >= 0.6 is 34.8 Å². The van der Waals surface area contributed by atoms with E-state index in [-0.39, 0.29) is 15.6 Å². The Morgan fingerprint density at radius 2 is 2.00 bits per heavy atom. The van der Waals surface area contributed by atoms with Crippen LogP contribution in [-0.2, 0) is 6.54 Å². The van der Waals surface area contributed by atoms with Gasteiger partial charge in [0.1, 0.15) is 11.5 Å². The number of halogens is 4. The molecule has 9 heteroatoms. The minimum Gasteiger partial charge on any atom is -0.338 e. The predicted octanol–water partition coefficient (Wildman–Crippen LogP) is 4.19. The smallest absolute Gasteiger partial charge is 0.224 e. The van der Waals surface area contributed by atoms with E-state index in [0.29, 0.717) is 29.4 Å². The molecule has 21 heavy (non-hydrogen) atoms. The van der Waals surface area contributed by atoms with Gasteiger partial charge in [0, 0.05) is 5.69 Å². The van der Waals surface area contributed by atoms with Crippen molar-refractivity contribution in [3.8, 4) is 0 Å². The van der Waals surface area contributed by atoms with Gasteiger partial charge in [-0.25, -0.2) is 9.37 Å². The van der Waals surface area contributed by atoms with E-state index in [1.807, 2.05) is 0 Å². The summed E-state index contributed by atoms with van der Waals surface area (Å²) in [7, 11) is 0. The van der Waals surface area contributed by atoms with E-state index in [0.717, 1.165) is 0 Å². The van der Waals surface area contributed by atoms with Crippen molar-refractivity contribution in [1.82, 2.24) is 9.97 Å². The molecular weight excluding hydrogens is 340 g/mol. The first kappa shape index (κ1) is 14.3. The van der Waals surface area contributed by atoms with Gasteiger partial charge in [0.15, 0.2) is 11.1 Å². The van der Waals surface area contributed by atoms with Crippen molar-refractivity contribution in [2.45, 2.75) is 6.54 Å². The largest absolute Gasteiger partial charge is 0.338 e. The Morgan fingerprint density at radius 3 is 2.76 bits per heavy atom.